The van der Waals surface area contributed by atoms with Gasteiger partial charge in [-0.2, -0.15) is 0 Å². The Morgan fingerprint density at radius 1 is 0.829 bits per heavy atom. The number of hydrogen-bond acceptors (Lipinski definition) is 8. The summed E-state index contributed by atoms with van der Waals surface area (Å²) in [7, 11) is 4.61. The van der Waals surface area contributed by atoms with Crippen LogP contribution < -0.4 is 18.9 Å². The zero-order valence-corrected chi connectivity index (χ0v) is 23.2. The van der Waals surface area contributed by atoms with Crippen molar-refractivity contribution in [2.24, 2.45) is 0 Å². The summed E-state index contributed by atoms with van der Waals surface area (Å²) in [6.07, 6.45) is 4.05. The van der Waals surface area contributed by atoms with Gasteiger partial charge < -0.3 is 33.5 Å². The van der Waals surface area contributed by atoms with Crippen LogP contribution >= 0.6 is 0 Å². The summed E-state index contributed by atoms with van der Waals surface area (Å²) in [4.78, 5) is 12.7. The van der Waals surface area contributed by atoms with Gasteiger partial charge in [0.2, 0.25) is 0 Å². The maximum absolute atomic E-state index is 12.7. The Bertz CT molecular complexity index is 1490. The Hall–Kier alpha value is -4.53. The minimum Gasteiger partial charge on any atom is -0.497 e. The molecule has 0 saturated heterocycles. The highest BCUT2D eigenvalue weighted by Gasteiger charge is 2.37. The lowest BCUT2D eigenvalue weighted by Crippen LogP contribution is -2.34. The van der Waals surface area contributed by atoms with Crippen molar-refractivity contribution < 1.29 is 38.3 Å². The van der Waals surface area contributed by atoms with Gasteiger partial charge in [-0.3, -0.25) is 0 Å². The van der Waals surface area contributed by atoms with Gasteiger partial charge in [0, 0.05) is 16.7 Å². The number of aliphatic hydroxyl groups excluding tert-OH is 1. The molecule has 212 valence electrons. The average Bonchev–Trinajstić information content (AvgIpc) is 3.03. The van der Waals surface area contributed by atoms with Crippen molar-refractivity contribution in [2.75, 3.05) is 47.8 Å². The van der Waals surface area contributed by atoms with Gasteiger partial charge in [0.05, 0.1) is 41.2 Å². The van der Waals surface area contributed by atoms with Crippen molar-refractivity contribution in [3.8, 4) is 23.0 Å². The third-order valence-electron chi connectivity index (χ3n) is 7.04. The normalized spacial score (nSPS) is 13.3. The molecule has 4 aromatic carbocycles. The molecule has 5 rings (SSSR count). The maximum Gasteiger partial charge on any atom is 0.341 e. The van der Waals surface area contributed by atoms with E-state index in [0.29, 0.717) is 17.1 Å². The molecule has 41 heavy (non-hydrogen) atoms. The van der Waals surface area contributed by atoms with Gasteiger partial charge in [-0.1, -0.05) is 30.3 Å². The zero-order chi connectivity index (χ0) is 28.8. The first-order valence-electron chi connectivity index (χ1n) is 13.2. The molecule has 1 heterocycles. The molecule has 0 atom stereocenters. The number of ether oxygens (including phenoxy) is 6. The number of hydrogen-bond donors (Lipinski definition) is 1. The fourth-order valence-electron chi connectivity index (χ4n) is 4.94. The van der Waals surface area contributed by atoms with Gasteiger partial charge in [0.15, 0.2) is 5.60 Å². The number of carbonyl (C=O) groups excluding carboxylic acids is 1. The van der Waals surface area contributed by atoms with E-state index in [2.05, 4.69) is 0 Å². The molecule has 0 saturated carbocycles. The lowest BCUT2D eigenvalue weighted by atomic mass is 9.83. The largest absolute Gasteiger partial charge is 0.497 e. The van der Waals surface area contributed by atoms with Crippen LogP contribution in [0.5, 0.6) is 23.0 Å². The summed E-state index contributed by atoms with van der Waals surface area (Å²) < 4.78 is 33.8. The SMILES string of the molecule is COC(=O)c1cc2c3c(ccc2cc1OCCOCCO)OC(c1ccc(OC)cc1)(c1ccc(OC)cc1)C=C3. The minimum atomic E-state index is -0.915. The molecule has 0 aliphatic carbocycles. The number of esters is 1. The second-order valence-electron chi connectivity index (χ2n) is 9.35. The molecule has 1 aliphatic rings. The fraction of sp³-hybridized carbons (Fsp3) is 0.242. The summed E-state index contributed by atoms with van der Waals surface area (Å²) in [5.41, 5.74) is 2.07. The Morgan fingerprint density at radius 3 is 2.07 bits per heavy atom. The minimum absolute atomic E-state index is 0.0672. The quantitative estimate of drug-likeness (QED) is 0.195. The smallest absolute Gasteiger partial charge is 0.341 e. The van der Waals surface area contributed by atoms with E-state index >= 15 is 0 Å². The van der Waals surface area contributed by atoms with Crippen molar-refractivity contribution in [2.45, 2.75) is 5.60 Å². The summed E-state index contributed by atoms with van der Waals surface area (Å²) >= 11 is 0. The first kappa shape index (κ1) is 28.0. The molecule has 4 aromatic rings. The lowest BCUT2D eigenvalue weighted by Gasteiger charge is -2.36. The van der Waals surface area contributed by atoms with Crippen LogP contribution in [0.3, 0.4) is 0 Å². The Kier molecular flexibility index (Phi) is 8.42. The second-order valence-corrected chi connectivity index (χ2v) is 9.35. The molecule has 1 aliphatic heterocycles. The van der Waals surface area contributed by atoms with E-state index in [0.717, 1.165) is 39.0 Å². The Labute approximate surface area is 238 Å². The molecule has 0 radical (unpaired) electrons. The van der Waals surface area contributed by atoms with Crippen LogP contribution in [-0.4, -0.2) is 58.8 Å². The van der Waals surface area contributed by atoms with E-state index in [1.165, 1.54) is 7.11 Å². The van der Waals surface area contributed by atoms with Gasteiger partial charge in [0.1, 0.15) is 35.2 Å². The van der Waals surface area contributed by atoms with Crippen molar-refractivity contribution in [1.29, 1.82) is 0 Å². The molecule has 0 aromatic heterocycles. The summed E-state index contributed by atoms with van der Waals surface area (Å²) in [6, 6.07) is 23.0. The van der Waals surface area contributed by atoms with Crippen molar-refractivity contribution in [1.82, 2.24) is 0 Å². The zero-order valence-electron chi connectivity index (χ0n) is 23.2. The first-order valence-corrected chi connectivity index (χ1v) is 13.2. The van der Waals surface area contributed by atoms with Gasteiger partial charge in [0.25, 0.3) is 0 Å². The highest BCUT2D eigenvalue weighted by Crippen LogP contribution is 2.45. The monoisotopic (exact) mass is 556 g/mol. The van der Waals surface area contributed by atoms with E-state index in [9.17, 15) is 4.79 Å². The predicted octanol–water partition coefficient (Wildman–Crippen LogP) is 5.38. The number of carbonyl (C=O) groups is 1. The van der Waals surface area contributed by atoms with Gasteiger partial charge in [-0.05, 0) is 65.4 Å². The topological polar surface area (TPSA) is 92.7 Å². The number of aliphatic hydroxyl groups is 1. The highest BCUT2D eigenvalue weighted by atomic mass is 16.5. The van der Waals surface area contributed by atoms with E-state index in [1.54, 1.807) is 20.3 Å². The summed E-state index contributed by atoms with van der Waals surface area (Å²) in [5, 5.41) is 10.6. The van der Waals surface area contributed by atoms with Crippen molar-refractivity contribution in [3.63, 3.8) is 0 Å². The van der Waals surface area contributed by atoms with Crippen LogP contribution in [0.1, 0.15) is 27.0 Å². The van der Waals surface area contributed by atoms with Crippen molar-refractivity contribution >= 4 is 22.8 Å². The Morgan fingerprint density at radius 2 is 1.49 bits per heavy atom. The molecule has 0 fully saturated rings. The van der Waals surface area contributed by atoms with E-state index < -0.39 is 11.6 Å². The number of benzene rings is 4. The van der Waals surface area contributed by atoms with E-state index in [4.69, 9.17) is 33.5 Å². The molecule has 8 nitrogen and oxygen atoms in total. The molecule has 1 N–H and O–H groups in total. The first-order chi connectivity index (χ1) is 20.0. The summed E-state index contributed by atoms with van der Waals surface area (Å²) in [6.45, 7) is 0.648. The van der Waals surface area contributed by atoms with Gasteiger partial charge in [-0.25, -0.2) is 4.79 Å². The van der Waals surface area contributed by atoms with Crippen molar-refractivity contribution in [3.05, 3.63) is 101 Å². The summed E-state index contributed by atoms with van der Waals surface area (Å²) in [5.74, 6) is 2.04. The van der Waals surface area contributed by atoms with Crippen LogP contribution in [-0.2, 0) is 15.1 Å². The van der Waals surface area contributed by atoms with Crippen LogP contribution in [0.15, 0.2) is 78.9 Å². The van der Waals surface area contributed by atoms with Crippen LogP contribution in [0, 0.1) is 0 Å². The van der Waals surface area contributed by atoms with Crippen LogP contribution in [0.4, 0.5) is 0 Å². The van der Waals surface area contributed by atoms with E-state index in [1.807, 2.05) is 78.9 Å². The molecule has 0 unspecified atom stereocenters. The maximum atomic E-state index is 12.7. The van der Waals surface area contributed by atoms with Gasteiger partial charge >= 0.3 is 5.97 Å². The van der Waals surface area contributed by atoms with E-state index in [-0.39, 0.29) is 26.4 Å². The van der Waals surface area contributed by atoms with Crippen LogP contribution in [0.25, 0.3) is 16.8 Å². The highest BCUT2D eigenvalue weighted by molar-refractivity contribution is 6.02. The molecule has 0 amide bonds. The van der Waals surface area contributed by atoms with Gasteiger partial charge in [-0.15, -0.1) is 0 Å². The number of methoxy groups -OCH3 is 3. The molecule has 0 bridgehead atoms. The fourth-order valence-corrected chi connectivity index (χ4v) is 4.94. The van der Waals surface area contributed by atoms with Crippen LogP contribution in [0.2, 0.25) is 0 Å². The number of rotatable bonds is 11. The third-order valence-corrected chi connectivity index (χ3v) is 7.04. The molecular formula is C33H32O8. The molecule has 8 heteroatoms. The predicted molar refractivity (Wildman–Crippen MR) is 155 cm³/mol. The number of fused-ring (bicyclic) bond motifs is 3. The molecular weight excluding hydrogens is 524 g/mol. The average molecular weight is 557 g/mol. The standard InChI is InChI=1S/C33H32O8/c1-36-25-9-5-23(6-10-25)33(24-7-11-26(37-2)12-8-24)15-14-27-28-21-29(32(35)38-3)31(40-19-18-39-17-16-34)20-22(28)4-13-30(27)41-33/h4-15,20-21,34H,16-19H2,1-3H3. The molecule has 0 spiro atoms. The lowest BCUT2D eigenvalue weighted by molar-refractivity contribution is 0.0582. The Balaban J connectivity index is 1.58. The third kappa shape index (κ3) is 5.57. The second kappa shape index (κ2) is 12.3.